The zero-order chi connectivity index (χ0) is 24.7. The first-order valence-corrected chi connectivity index (χ1v) is 10.7. The third-order valence-electron chi connectivity index (χ3n) is 5.34. The molecule has 0 atom stereocenters. The van der Waals surface area contributed by atoms with Gasteiger partial charge in [0.15, 0.2) is 0 Å². The largest absolute Gasteiger partial charge is 0.507 e. The fraction of sp³-hybridized carbons (Fsp3) is 0.364. The number of benzene rings is 2. The van der Waals surface area contributed by atoms with Crippen LogP contribution in [0.15, 0.2) is 29.6 Å². The second kappa shape index (κ2) is 11.4. The van der Waals surface area contributed by atoms with Crippen molar-refractivity contribution >= 4 is 22.9 Å². The van der Waals surface area contributed by atoms with Crippen molar-refractivity contribution in [1.82, 2.24) is 10.3 Å². The molecule has 0 unspecified atom stereocenters. The Morgan fingerprint density at radius 2 is 1.26 bits per heavy atom. The molecule has 12 heteroatoms. The standard InChI is InChI=1S/C22H27N5O7/c28-11-8-23-5-6-24-13-1-2-14(25-7-9-27(26-34)10-12-29)18-17(13)21(32)19-15(30)3-4-16(31)20(19)22(18)33/h1-4,23-25,28-31H,5-12H2. The Morgan fingerprint density at radius 3 is 1.76 bits per heavy atom. The number of carbonyl (C=O) groups is 2. The van der Waals surface area contributed by atoms with Crippen LogP contribution in [-0.4, -0.2) is 89.5 Å². The molecule has 0 spiro atoms. The SMILES string of the molecule is O=NN(CCO)CCNc1ccc(NCCNCCO)c2c1C(=O)c1c(O)ccc(O)c1C2=O. The summed E-state index contributed by atoms with van der Waals surface area (Å²) in [5.74, 6) is -2.09. The molecule has 0 bridgehead atoms. The Kier molecular flexibility index (Phi) is 8.35. The van der Waals surface area contributed by atoms with Crippen molar-refractivity contribution in [1.29, 1.82) is 0 Å². The van der Waals surface area contributed by atoms with Gasteiger partial charge >= 0.3 is 0 Å². The Balaban J connectivity index is 1.97. The molecule has 0 amide bonds. The van der Waals surface area contributed by atoms with Crippen LogP contribution in [0.4, 0.5) is 11.4 Å². The molecule has 1 aliphatic carbocycles. The van der Waals surface area contributed by atoms with Crippen LogP contribution in [0.5, 0.6) is 11.5 Å². The van der Waals surface area contributed by atoms with E-state index in [2.05, 4.69) is 21.2 Å². The van der Waals surface area contributed by atoms with Gasteiger partial charge in [-0.05, 0) is 24.3 Å². The fourth-order valence-electron chi connectivity index (χ4n) is 3.78. The van der Waals surface area contributed by atoms with Gasteiger partial charge in [0.25, 0.3) is 0 Å². The molecule has 0 fully saturated rings. The molecule has 34 heavy (non-hydrogen) atoms. The molecule has 1 aliphatic rings. The number of nitrogens with one attached hydrogen (secondary N) is 3. The van der Waals surface area contributed by atoms with Crippen LogP contribution in [0, 0.1) is 4.91 Å². The number of anilines is 2. The van der Waals surface area contributed by atoms with Crippen molar-refractivity contribution in [3.05, 3.63) is 51.4 Å². The minimum absolute atomic E-state index is 0.0162. The zero-order valence-electron chi connectivity index (χ0n) is 18.4. The quantitative estimate of drug-likeness (QED) is 0.0781. The lowest BCUT2D eigenvalue weighted by Crippen LogP contribution is -2.29. The maximum atomic E-state index is 13.4. The molecule has 182 valence electrons. The van der Waals surface area contributed by atoms with E-state index < -0.39 is 23.1 Å². The molecule has 0 aromatic heterocycles. The number of phenolic OH excluding ortho intramolecular Hbond substituents is 2. The third kappa shape index (κ3) is 5.09. The van der Waals surface area contributed by atoms with Crippen LogP contribution >= 0.6 is 0 Å². The van der Waals surface area contributed by atoms with Gasteiger partial charge in [0.1, 0.15) is 11.5 Å². The van der Waals surface area contributed by atoms with Gasteiger partial charge < -0.3 is 36.4 Å². The first-order chi connectivity index (χ1) is 16.4. The lowest BCUT2D eigenvalue weighted by atomic mass is 9.81. The summed E-state index contributed by atoms with van der Waals surface area (Å²) in [6.07, 6.45) is 0. The molecule has 0 saturated heterocycles. The summed E-state index contributed by atoms with van der Waals surface area (Å²) in [4.78, 5) is 37.7. The van der Waals surface area contributed by atoms with Gasteiger partial charge in [-0.3, -0.25) is 14.6 Å². The number of phenols is 2. The maximum Gasteiger partial charge on any atom is 0.200 e. The Morgan fingerprint density at radius 1 is 0.706 bits per heavy atom. The monoisotopic (exact) mass is 473 g/mol. The average molecular weight is 473 g/mol. The van der Waals surface area contributed by atoms with E-state index in [1.54, 1.807) is 12.1 Å². The molecular formula is C22H27N5O7. The van der Waals surface area contributed by atoms with E-state index in [1.807, 2.05) is 0 Å². The van der Waals surface area contributed by atoms with Crippen molar-refractivity contribution in [2.75, 3.05) is 63.1 Å². The van der Waals surface area contributed by atoms with Crippen LogP contribution in [0.2, 0.25) is 0 Å². The third-order valence-corrected chi connectivity index (χ3v) is 5.34. The minimum Gasteiger partial charge on any atom is -0.507 e. The maximum absolute atomic E-state index is 13.4. The molecule has 0 heterocycles. The molecular weight excluding hydrogens is 446 g/mol. The van der Waals surface area contributed by atoms with Crippen molar-refractivity contribution in [2.45, 2.75) is 0 Å². The van der Waals surface area contributed by atoms with Crippen molar-refractivity contribution in [2.24, 2.45) is 5.29 Å². The van der Waals surface area contributed by atoms with Gasteiger partial charge in [-0.15, -0.1) is 4.91 Å². The van der Waals surface area contributed by atoms with E-state index in [9.17, 15) is 24.7 Å². The lowest BCUT2D eigenvalue weighted by Gasteiger charge is -2.25. The van der Waals surface area contributed by atoms with Gasteiger partial charge in [0.2, 0.25) is 11.6 Å². The molecule has 2 aromatic carbocycles. The molecule has 2 aromatic rings. The number of rotatable bonds is 13. The number of hydrogen-bond acceptors (Lipinski definition) is 11. The Labute approximate surface area is 195 Å². The second-order valence-electron chi connectivity index (χ2n) is 7.51. The lowest BCUT2D eigenvalue weighted by molar-refractivity contribution is 0.0975. The number of carbonyl (C=O) groups excluding carboxylic acids is 2. The Bertz CT molecular complexity index is 1080. The summed E-state index contributed by atoms with van der Waals surface area (Å²) >= 11 is 0. The highest BCUT2D eigenvalue weighted by molar-refractivity contribution is 6.33. The van der Waals surface area contributed by atoms with Crippen LogP contribution < -0.4 is 16.0 Å². The van der Waals surface area contributed by atoms with E-state index in [-0.39, 0.29) is 55.1 Å². The molecule has 12 nitrogen and oxygen atoms in total. The second-order valence-corrected chi connectivity index (χ2v) is 7.51. The van der Waals surface area contributed by atoms with Crippen molar-refractivity contribution in [3.63, 3.8) is 0 Å². The predicted octanol–water partition coefficient (Wildman–Crippen LogP) is 0.255. The number of nitroso groups, excluding NO2 is 1. The number of aliphatic hydroxyl groups is 2. The van der Waals surface area contributed by atoms with Gasteiger partial charge in [-0.25, -0.2) is 0 Å². The van der Waals surface area contributed by atoms with E-state index in [0.717, 1.165) is 17.1 Å². The van der Waals surface area contributed by atoms with Crippen LogP contribution in [-0.2, 0) is 0 Å². The fourth-order valence-corrected chi connectivity index (χ4v) is 3.78. The molecule has 0 radical (unpaired) electrons. The summed E-state index contributed by atoms with van der Waals surface area (Å²) in [6, 6.07) is 5.52. The van der Waals surface area contributed by atoms with Crippen LogP contribution in [0.25, 0.3) is 0 Å². The summed E-state index contributed by atoms with van der Waals surface area (Å²) in [7, 11) is 0. The highest BCUT2D eigenvalue weighted by Gasteiger charge is 2.37. The summed E-state index contributed by atoms with van der Waals surface area (Å²) in [6.45, 7) is 1.38. The van der Waals surface area contributed by atoms with Crippen molar-refractivity contribution < 1.29 is 30.0 Å². The minimum atomic E-state index is -0.636. The Hall–Kier alpha value is -3.74. The van der Waals surface area contributed by atoms with E-state index >= 15 is 0 Å². The number of aliphatic hydroxyl groups excluding tert-OH is 2. The normalized spacial score (nSPS) is 12.2. The van der Waals surface area contributed by atoms with Gasteiger partial charge in [0.05, 0.1) is 53.8 Å². The summed E-state index contributed by atoms with van der Waals surface area (Å²) < 4.78 is 0. The number of hydrogen-bond donors (Lipinski definition) is 7. The smallest absolute Gasteiger partial charge is 0.200 e. The highest BCUT2D eigenvalue weighted by atomic mass is 16.3. The molecule has 0 aliphatic heterocycles. The first kappa shape index (κ1) is 24.9. The zero-order valence-corrected chi connectivity index (χ0v) is 18.4. The summed E-state index contributed by atoms with van der Waals surface area (Å²) in [5, 5.41) is 51.5. The van der Waals surface area contributed by atoms with Gasteiger partial charge in [-0.2, -0.15) is 0 Å². The first-order valence-electron chi connectivity index (χ1n) is 10.7. The van der Waals surface area contributed by atoms with Crippen LogP contribution in [0.1, 0.15) is 31.8 Å². The van der Waals surface area contributed by atoms with E-state index in [1.165, 1.54) is 0 Å². The highest BCUT2D eigenvalue weighted by Crippen LogP contribution is 2.42. The predicted molar refractivity (Wildman–Crippen MR) is 124 cm³/mol. The van der Waals surface area contributed by atoms with E-state index in [0.29, 0.717) is 31.0 Å². The topological polar surface area (TPSA) is 184 Å². The van der Waals surface area contributed by atoms with Gasteiger partial charge in [0, 0.05) is 37.6 Å². The number of ketones is 2. The van der Waals surface area contributed by atoms with Crippen LogP contribution in [0.3, 0.4) is 0 Å². The number of fused-ring (bicyclic) bond motifs is 2. The molecule has 3 rings (SSSR count). The molecule has 7 N–H and O–H groups in total. The van der Waals surface area contributed by atoms with Crippen molar-refractivity contribution in [3.8, 4) is 11.5 Å². The van der Waals surface area contributed by atoms with E-state index in [4.69, 9.17) is 10.2 Å². The number of aromatic hydroxyl groups is 2. The van der Waals surface area contributed by atoms with Gasteiger partial charge in [-0.1, -0.05) is 0 Å². The summed E-state index contributed by atoms with van der Waals surface area (Å²) in [5.41, 5.74) is 0.204. The molecule has 0 saturated carbocycles. The number of nitrogens with zero attached hydrogens (tertiary/aromatic N) is 2. The average Bonchev–Trinajstić information content (AvgIpc) is 2.83.